The van der Waals surface area contributed by atoms with Crippen LogP contribution in [0.15, 0.2) is 303 Å². The Balaban J connectivity index is 0.932. The lowest BCUT2D eigenvalue weighted by atomic mass is 9.91. The van der Waals surface area contributed by atoms with Gasteiger partial charge in [0.25, 0.3) is 0 Å². The highest BCUT2D eigenvalue weighted by Gasteiger charge is 2.23. The van der Waals surface area contributed by atoms with E-state index in [1.807, 2.05) is 0 Å². The number of anilines is 3. The molecule has 76 heavy (non-hydrogen) atoms. The molecule has 14 aromatic rings. The van der Waals surface area contributed by atoms with E-state index in [0.717, 1.165) is 56.1 Å². The zero-order chi connectivity index (χ0) is 50.4. The molecule has 0 aliphatic heterocycles. The third-order valence-corrected chi connectivity index (χ3v) is 15.1. The fourth-order valence-electron chi connectivity index (χ4n) is 11.5. The van der Waals surface area contributed by atoms with Gasteiger partial charge in [0.1, 0.15) is 0 Å². The first kappa shape index (κ1) is 44.7. The van der Waals surface area contributed by atoms with Crippen LogP contribution in [0.1, 0.15) is 0 Å². The van der Waals surface area contributed by atoms with Crippen LogP contribution in [0, 0.1) is 0 Å². The highest BCUT2D eigenvalue weighted by Crippen LogP contribution is 2.48. The summed E-state index contributed by atoms with van der Waals surface area (Å²) in [4.78, 5) is 2.44. The molecule has 0 amide bonds. The Hall–Kier alpha value is -10.0. The number of hydrogen-bond acceptors (Lipinski definition) is 1. The van der Waals surface area contributed by atoms with Crippen molar-refractivity contribution in [3.05, 3.63) is 303 Å². The molecular weight excluding hydrogens is 917 g/mol. The van der Waals surface area contributed by atoms with Gasteiger partial charge in [-0.1, -0.05) is 224 Å². The topological polar surface area (TPSA) is 8.17 Å². The van der Waals surface area contributed by atoms with Crippen molar-refractivity contribution in [1.82, 2.24) is 4.57 Å². The van der Waals surface area contributed by atoms with Gasteiger partial charge in [-0.15, -0.1) is 0 Å². The summed E-state index contributed by atoms with van der Waals surface area (Å²) in [5.41, 5.74) is 20.8. The minimum atomic E-state index is 1.08. The molecule has 0 radical (unpaired) electrons. The van der Waals surface area contributed by atoms with E-state index in [9.17, 15) is 0 Å². The number of rotatable bonds is 10. The van der Waals surface area contributed by atoms with Gasteiger partial charge in [0.15, 0.2) is 0 Å². The Kier molecular flexibility index (Phi) is 11.2. The Morgan fingerprint density at radius 3 is 1.39 bits per heavy atom. The molecule has 0 saturated carbocycles. The Bertz CT molecular complexity index is 4360. The maximum atomic E-state index is 2.47. The van der Waals surface area contributed by atoms with Crippen LogP contribution in [0.4, 0.5) is 17.1 Å². The average Bonchev–Trinajstić information content (AvgIpc) is 3.84. The van der Waals surface area contributed by atoms with Crippen molar-refractivity contribution in [2.24, 2.45) is 0 Å². The molecule has 0 aliphatic rings. The normalized spacial score (nSPS) is 11.4. The summed E-state index contributed by atoms with van der Waals surface area (Å²) < 4.78 is 2.47. The highest BCUT2D eigenvalue weighted by atomic mass is 15.1. The Labute approximate surface area is 443 Å². The zero-order valence-electron chi connectivity index (χ0n) is 41.8. The third kappa shape index (κ3) is 8.10. The molecule has 2 heteroatoms. The van der Waals surface area contributed by atoms with Crippen molar-refractivity contribution in [2.45, 2.75) is 0 Å². The van der Waals surface area contributed by atoms with Crippen LogP contribution in [0.25, 0.3) is 116 Å². The summed E-state index contributed by atoms with van der Waals surface area (Å²) >= 11 is 0. The lowest BCUT2D eigenvalue weighted by Crippen LogP contribution is -2.12. The van der Waals surface area contributed by atoms with E-state index < -0.39 is 0 Å². The fraction of sp³-hybridized carbons (Fsp3) is 0. The number of para-hydroxylation sites is 3. The van der Waals surface area contributed by atoms with E-state index in [2.05, 4.69) is 313 Å². The van der Waals surface area contributed by atoms with Gasteiger partial charge in [-0.25, -0.2) is 0 Å². The number of fused-ring (bicyclic) bond motifs is 5. The molecule has 0 N–H and O–H groups in total. The van der Waals surface area contributed by atoms with E-state index in [0.29, 0.717) is 0 Å². The van der Waals surface area contributed by atoms with Gasteiger partial charge in [0.2, 0.25) is 0 Å². The van der Waals surface area contributed by atoms with Gasteiger partial charge in [0, 0.05) is 33.3 Å². The molecular formula is C74H50N2. The van der Waals surface area contributed by atoms with Crippen LogP contribution in [0.5, 0.6) is 0 Å². The SMILES string of the molecule is c1ccc(-c2ccc(N(c3ccccc3)c3ccccc3-c3ccccc3-c3ccc4c(c3)c3ccccc3n4-c3cc(-c4ccc5ccccc5c4)cc(-c4ccc5ccccc5c4)c3)c(-c3ccccc3)c2)cc1. The molecule has 356 valence electrons. The maximum absolute atomic E-state index is 2.47. The average molecular weight is 967 g/mol. The van der Waals surface area contributed by atoms with Crippen LogP contribution >= 0.6 is 0 Å². The van der Waals surface area contributed by atoms with E-state index in [4.69, 9.17) is 0 Å². The highest BCUT2D eigenvalue weighted by molar-refractivity contribution is 6.11. The number of hydrogen-bond donors (Lipinski definition) is 0. The lowest BCUT2D eigenvalue weighted by Gasteiger charge is -2.30. The van der Waals surface area contributed by atoms with Gasteiger partial charge in [0.05, 0.1) is 22.4 Å². The number of aromatic nitrogens is 1. The predicted molar refractivity (Wildman–Crippen MR) is 323 cm³/mol. The summed E-state index contributed by atoms with van der Waals surface area (Å²) in [7, 11) is 0. The van der Waals surface area contributed by atoms with E-state index in [1.54, 1.807) is 0 Å². The van der Waals surface area contributed by atoms with E-state index in [1.165, 1.54) is 76.8 Å². The Morgan fingerprint density at radius 1 is 0.224 bits per heavy atom. The first-order valence-corrected chi connectivity index (χ1v) is 26.1. The third-order valence-electron chi connectivity index (χ3n) is 15.1. The summed E-state index contributed by atoms with van der Waals surface area (Å²) in [6, 6.07) is 111. The molecule has 0 spiro atoms. The number of nitrogens with zero attached hydrogens (tertiary/aromatic N) is 2. The molecule has 2 nitrogen and oxygen atoms in total. The molecule has 1 aromatic heterocycles. The second kappa shape index (κ2) is 19.1. The van der Waals surface area contributed by atoms with Gasteiger partial charge in [-0.05, 0) is 156 Å². The largest absolute Gasteiger partial charge is 0.309 e. The first-order chi connectivity index (χ1) is 37.7. The van der Waals surface area contributed by atoms with Crippen molar-refractivity contribution in [3.63, 3.8) is 0 Å². The van der Waals surface area contributed by atoms with E-state index >= 15 is 0 Å². The summed E-state index contributed by atoms with van der Waals surface area (Å²) in [6.07, 6.45) is 0. The quantitative estimate of drug-likeness (QED) is 0.133. The molecule has 0 bridgehead atoms. The molecule has 13 aromatic carbocycles. The van der Waals surface area contributed by atoms with Gasteiger partial charge >= 0.3 is 0 Å². The van der Waals surface area contributed by atoms with Gasteiger partial charge < -0.3 is 9.47 Å². The standard InChI is InChI=1S/C74H50N2/c1-4-20-51(21-5-1)59-40-42-73(69(49-59)54-24-6-2-7-25-54)75(63-28-8-3-9-29-63)71-34-18-16-32-67(71)66-31-15-14-30-65(66)60-41-43-74-70(50-60)68-33-17-19-35-72(68)76(74)64-47-61(57-38-36-52-22-10-12-26-55(52)44-57)46-62(48-64)58-39-37-53-23-11-13-27-56(53)45-58/h1-50H. The van der Waals surface area contributed by atoms with Gasteiger partial charge in [-0.2, -0.15) is 0 Å². The van der Waals surface area contributed by atoms with Crippen molar-refractivity contribution < 1.29 is 0 Å². The van der Waals surface area contributed by atoms with E-state index in [-0.39, 0.29) is 0 Å². The minimum absolute atomic E-state index is 1.08. The van der Waals surface area contributed by atoms with Crippen molar-refractivity contribution >= 4 is 60.4 Å². The molecule has 0 saturated heterocycles. The summed E-state index contributed by atoms with van der Waals surface area (Å²) in [5.74, 6) is 0. The Morgan fingerprint density at radius 2 is 0.711 bits per heavy atom. The second-order valence-corrected chi connectivity index (χ2v) is 19.7. The smallest absolute Gasteiger partial charge is 0.0541 e. The van der Waals surface area contributed by atoms with Crippen LogP contribution in [0.3, 0.4) is 0 Å². The molecule has 1 heterocycles. The van der Waals surface area contributed by atoms with Crippen LogP contribution in [-0.4, -0.2) is 4.57 Å². The molecule has 14 rings (SSSR count). The maximum Gasteiger partial charge on any atom is 0.0541 e. The zero-order valence-corrected chi connectivity index (χ0v) is 41.8. The molecule has 0 aliphatic carbocycles. The van der Waals surface area contributed by atoms with Crippen LogP contribution < -0.4 is 4.90 Å². The van der Waals surface area contributed by atoms with Crippen molar-refractivity contribution in [3.8, 4) is 72.4 Å². The lowest BCUT2D eigenvalue weighted by molar-refractivity contribution is 1.18. The van der Waals surface area contributed by atoms with Crippen molar-refractivity contribution in [1.29, 1.82) is 0 Å². The molecule has 0 fully saturated rings. The van der Waals surface area contributed by atoms with Crippen molar-refractivity contribution in [2.75, 3.05) is 4.90 Å². The fourth-order valence-corrected chi connectivity index (χ4v) is 11.5. The minimum Gasteiger partial charge on any atom is -0.309 e. The number of benzene rings is 13. The van der Waals surface area contributed by atoms with Crippen LogP contribution in [0.2, 0.25) is 0 Å². The monoisotopic (exact) mass is 966 g/mol. The van der Waals surface area contributed by atoms with Crippen LogP contribution in [-0.2, 0) is 0 Å². The summed E-state index contributed by atoms with van der Waals surface area (Å²) in [6.45, 7) is 0. The predicted octanol–water partition coefficient (Wildman–Crippen LogP) is 20.6. The molecule has 0 unspecified atom stereocenters. The first-order valence-electron chi connectivity index (χ1n) is 26.1. The summed E-state index contributed by atoms with van der Waals surface area (Å²) in [5, 5.41) is 7.35. The second-order valence-electron chi connectivity index (χ2n) is 19.7. The molecule has 0 atom stereocenters. The van der Waals surface area contributed by atoms with Gasteiger partial charge in [-0.3, -0.25) is 0 Å².